The highest BCUT2D eigenvalue weighted by atomic mass is 16.4. The van der Waals surface area contributed by atoms with Crippen molar-refractivity contribution < 1.29 is 14.3 Å². The first kappa shape index (κ1) is 14.9. The summed E-state index contributed by atoms with van der Waals surface area (Å²) >= 11 is 0. The van der Waals surface area contributed by atoms with E-state index in [-0.39, 0.29) is 12.5 Å². The van der Waals surface area contributed by atoms with E-state index < -0.39 is 5.60 Å². The Hall–Kier alpha value is -2.07. The lowest BCUT2D eigenvalue weighted by Crippen LogP contribution is -2.39. The summed E-state index contributed by atoms with van der Waals surface area (Å²) in [4.78, 5) is 12.1. The molecule has 0 fully saturated rings. The number of carbonyl (C=O) groups is 1. The van der Waals surface area contributed by atoms with E-state index in [0.29, 0.717) is 12.2 Å². The van der Waals surface area contributed by atoms with Crippen molar-refractivity contribution >= 4 is 5.91 Å². The second kappa shape index (κ2) is 5.97. The van der Waals surface area contributed by atoms with Gasteiger partial charge in [0.05, 0.1) is 19.2 Å². The summed E-state index contributed by atoms with van der Waals surface area (Å²) in [6.45, 7) is 1.76. The predicted octanol–water partition coefficient (Wildman–Crippen LogP) is 2.33. The Balaban J connectivity index is 1.57. The number of carbonyl (C=O) groups excluding carboxylic acids is 1. The number of aliphatic hydroxyl groups is 1. The van der Waals surface area contributed by atoms with Gasteiger partial charge < -0.3 is 14.8 Å². The number of amides is 1. The standard InChI is InChI=1S/C18H21NO3/c1-18(21,16-6-3-9-22-16)12-19-17(20)11-13-7-8-14-4-2-5-15(14)10-13/h3,6-10,21H,2,4-5,11-12H2,1H3,(H,19,20)/t18-/m0/s1. The molecule has 4 heteroatoms. The molecule has 0 spiro atoms. The average molecular weight is 299 g/mol. The summed E-state index contributed by atoms with van der Waals surface area (Å²) in [5.74, 6) is 0.357. The van der Waals surface area contributed by atoms with Gasteiger partial charge in [-0.2, -0.15) is 0 Å². The minimum absolute atomic E-state index is 0.0928. The van der Waals surface area contributed by atoms with Crippen molar-refractivity contribution in [3.8, 4) is 0 Å². The van der Waals surface area contributed by atoms with Crippen LogP contribution in [0.1, 0.15) is 35.8 Å². The van der Waals surface area contributed by atoms with Crippen molar-refractivity contribution in [3.05, 3.63) is 59.0 Å². The Morgan fingerprint density at radius 2 is 2.14 bits per heavy atom. The summed E-state index contributed by atoms with van der Waals surface area (Å²) in [5, 5.41) is 13.1. The fourth-order valence-corrected chi connectivity index (χ4v) is 2.93. The third kappa shape index (κ3) is 3.22. The van der Waals surface area contributed by atoms with Crippen LogP contribution < -0.4 is 5.32 Å². The number of benzene rings is 1. The van der Waals surface area contributed by atoms with E-state index in [4.69, 9.17) is 4.42 Å². The lowest BCUT2D eigenvalue weighted by molar-refractivity contribution is -0.121. The molecule has 1 heterocycles. The van der Waals surface area contributed by atoms with E-state index in [2.05, 4.69) is 17.4 Å². The van der Waals surface area contributed by atoms with Crippen LogP contribution in [0, 0.1) is 0 Å². The zero-order valence-corrected chi connectivity index (χ0v) is 12.8. The van der Waals surface area contributed by atoms with E-state index in [1.807, 2.05) is 6.07 Å². The van der Waals surface area contributed by atoms with Crippen LogP contribution in [0.4, 0.5) is 0 Å². The summed E-state index contributed by atoms with van der Waals surface area (Å²) in [7, 11) is 0. The number of rotatable bonds is 5. The molecule has 2 N–H and O–H groups in total. The number of nitrogens with one attached hydrogen (secondary N) is 1. The van der Waals surface area contributed by atoms with E-state index in [0.717, 1.165) is 18.4 Å². The van der Waals surface area contributed by atoms with Crippen LogP contribution in [0.3, 0.4) is 0 Å². The fraction of sp³-hybridized carbons (Fsp3) is 0.389. The number of fused-ring (bicyclic) bond motifs is 1. The maximum absolute atomic E-state index is 12.1. The molecule has 1 aliphatic rings. The van der Waals surface area contributed by atoms with Crippen LogP contribution >= 0.6 is 0 Å². The van der Waals surface area contributed by atoms with Crippen molar-refractivity contribution in [2.45, 2.75) is 38.2 Å². The SMILES string of the molecule is C[C@](O)(CNC(=O)Cc1ccc2c(c1)CCC2)c1ccco1. The summed E-state index contributed by atoms with van der Waals surface area (Å²) < 4.78 is 5.20. The Labute approximate surface area is 130 Å². The third-order valence-electron chi connectivity index (χ3n) is 4.21. The van der Waals surface area contributed by atoms with E-state index >= 15 is 0 Å². The Morgan fingerprint density at radius 1 is 1.32 bits per heavy atom. The van der Waals surface area contributed by atoms with Gasteiger partial charge in [-0.05, 0) is 55.0 Å². The van der Waals surface area contributed by atoms with E-state index in [1.54, 1.807) is 19.1 Å². The molecule has 3 rings (SSSR count). The van der Waals surface area contributed by atoms with Crippen molar-refractivity contribution in [1.29, 1.82) is 0 Å². The molecule has 2 aromatic rings. The van der Waals surface area contributed by atoms with Gasteiger partial charge in [0.1, 0.15) is 11.4 Å². The van der Waals surface area contributed by atoms with Crippen LogP contribution in [0.25, 0.3) is 0 Å². The van der Waals surface area contributed by atoms with Gasteiger partial charge in [0, 0.05) is 0 Å². The van der Waals surface area contributed by atoms with Crippen molar-refractivity contribution in [2.75, 3.05) is 6.54 Å². The van der Waals surface area contributed by atoms with Crippen molar-refractivity contribution in [1.82, 2.24) is 5.32 Å². The minimum atomic E-state index is -1.20. The highest BCUT2D eigenvalue weighted by molar-refractivity contribution is 5.78. The van der Waals surface area contributed by atoms with Gasteiger partial charge in [0.25, 0.3) is 0 Å². The predicted molar refractivity (Wildman–Crippen MR) is 83.5 cm³/mol. The smallest absolute Gasteiger partial charge is 0.224 e. The van der Waals surface area contributed by atoms with Gasteiger partial charge in [-0.3, -0.25) is 4.79 Å². The molecule has 1 atom stereocenters. The van der Waals surface area contributed by atoms with Crippen LogP contribution in [0.2, 0.25) is 0 Å². The van der Waals surface area contributed by atoms with Gasteiger partial charge in [-0.15, -0.1) is 0 Å². The average Bonchev–Trinajstić information content (AvgIpc) is 3.16. The Kier molecular flexibility index (Phi) is 4.03. The van der Waals surface area contributed by atoms with Gasteiger partial charge in [-0.1, -0.05) is 18.2 Å². The molecule has 0 radical (unpaired) electrons. The summed E-state index contributed by atoms with van der Waals surface area (Å²) in [6, 6.07) is 9.70. The van der Waals surface area contributed by atoms with Gasteiger partial charge >= 0.3 is 0 Å². The molecule has 0 aliphatic heterocycles. The maximum Gasteiger partial charge on any atom is 0.224 e. The maximum atomic E-state index is 12.1. The second-order valence-corrected chi connectivity index (χ2v) is 6.16. The normalized spacial score (nSPS) is 16.1. The van der Waals surface area contributed by atoms with Crippen LogP contribution in [-0.2, 0) is 29.7 Å². The molecule has 1 aromatic heterocycles. The molecular weight excluding hydrogens is 278 g/mol. The van der Waals surface area contributed by atoms with Crippen LogP contribution in [-0.4, -0.2) is 17.6 Å². The first-order valence-electron chi connectivity index (χ1n) is 7.68. The number of hydrogen-bond acceptors (Lipinski definition) is 3. The first-order valence-corrected chi connectivity index (χ1v) is 7.68. The van der Waals surface area contributed by atoms with Gasteiger partial charge in [0.15, 0.2) is 0 Å². The first-order chi connectivity index (χ1) is 10.5. The highest BCUT2D eigenvalue weighted by Crippen LogP contribution is 2.23. The summed E-state index contributed by atoms with van der Waals surface area (Å²) in [6.07, 6.45) is 5.31. The minimum Gasteiger partial charge on any atom is -0.466 e. The topological polar surface area (TPSA) is 62.5 Å². The molecular formula is C18H21NO3. The molecule has 1 aromatic carbocycles. The highest BCUT2D eigenvalue weighted by Gasteiger charge is 2.26. The summed E-state index contributed by atoms with van der Waals surface area (Å²) in [5.41, 5.74) is 2.60. The molecule has 1 amide bonds. The Morgan fingerprint density at radius 3 is 2.91 bits per heavy atom. The third-order valence-corrected chi connectivity index (χ3v) is 4.21. The monoisotopic (exact) mass is 299 g/mol. The van der Waals surface area contributed by atoms with E-state index in [1.165, 1.54) is 23.8 Å². The van der Waals surface area contributed by atoms with Crippen LogP contribution in [0.15, 0.2) is 41.0 Å². The second-order valence-electron chi connectivity index (χ2n) is 6.16. The molecule has 0 saturated heterocycles. The largest absolute Gasteiger partial charge is 0.466 e. The zero-order chi connectivity index (χ0) is 15.6. The molecule has 22 heavy (non-hydrogen) atoms. The Bertz CT molecular complexity index is 659. The zero-order valence-electron chi connectivity index (χ0n) is 12.8. The molecule has 116 valence electrons. The van der Waals surface area contributed by atoms with Gasteiger partial charge in [0.2, 0.25) is 5.91 Å². The molecule has 0 bridgehead atoms. The lowest BCUT2D eigenvalue weighted by Gasteiger charge is -2.21. The number of furan rings is 1. The molecule has 4 nitrogen and oxygen atoms in total. The fourth-order valence-electron chi connectivity index (χ4n) is 2.93. The molecule has 0 unspecified atom stereocenters. The van der Waals surface area contributed by atoms with E-state index in [9.17, 15) is 9.90 Å². The van der Waals surface area contributed by atoms with Crippen LogP contribution in [0.5, 0.6) is 0 Å². The molecule has 1 aliphatic carbocycles. The number of hydrogen-bond donors (Lipinski definition) is 2. The quantitative estimate of drug-likeness (QED) is 0.890. The van der Waals surface area contributed by atoms with Crippen molar-refractivity contribution in [3.63, 3.8) is 0 Å². The lowest BCUT2D eigenvalue weighted by atomic mass is 10.0. The van der Waals surface area contributed by atoms with Gasteiger partial charge in [-0.25, -0.2) is 0 Å². The van der Waals surface area contributed by atoms with Crippen molar-refractivity contribution in [2.24, 2.45) is 0 Å². The number of aryl methyl sites for hydroxylation is 2. The molecule has 0 saturated carbocycles.